The molecule has 0 spiro atoms. The number of nitrogens with one attached hydrogen (secondary N) is 1. The molecule has 0 aromatic carbocycles. The first-order valence-electron chi connectivity index (χ1n) is 4.85. The largest absolute Gasteiger partial charge is 0.477 e. The minimum Gasteiger partial charge on any atom is -0.477 e. The van der Waals surface area contributed by atoms with Gasteiger partial charge in [-0.15, -0.1) is 0 Å². The molecule has 8 heteroatoms. The summed E-state index contributed by atoms with van der Waals surface area (Å²) in [6.07, 6.45) is 1.21. The Hall–Kier alpha value is -2.38. The molecule has 2 rings (SSSR count). The van der Waals surface area contributed by atoms with E-state index in [2.05, 4.69) is 25.1 Å². The lowest BCUT2D eigenvalue weighted by atomic mass is 10.2. The van der Waals surface area contributed by atoms with Gasteiger partial charge in [0.15, 0.2) is 5.82 Å². The third-order valence-corrected chi connectivity index (χ3v) is 2.26. The van der Waals surface area contributed by atoms with Gasteiger partial charge < -0.3 is 14.9 Å². The van der Waals surface area contributed by atoms with E-state index in [1.807, 2.05) is 0 Å². The van der Waals surface area contributed by atoms with Crippen molar-refractivity contribution in [2.45, 2.75) is 13.5 Å². The van der Waals surface area contributed by atoms with Crippen LogP contribution in [0.5, 0.6) is 0 Å². The third-order valence-electron chi connectivity index (χ3n) is 2.26. The lowest BCUT2D eigenvalue weighted by Crippen LogP contribution is -2.09. The molecule has 0 aliphatic heterocycles. The van der Waals surface area contributed by atoms with Crippen molar-refractivity contribution in [1.29, 1.82) is 0 Å². The predicted octanol–water partition coefficient (Wildman–Crippen LogP) is 0.422. The van der Waals surface area contributed by atoms with Crippen molar-refractivity contribution in [3.05, 3.63) is 23.5 Å². The van der Waals surface area contributed by atoms with Gasteiger partial charge >= 0.3 is 5.97 Å². The fourth-order valence-corrected chi connectivity index (χ4v) is 1.55. The molecule has 0 unspecified atom stereocenters. The number of aryl methyl sites for hydroxylation is 2. The Balaban J connectivity index is 2.23. The fourth-order valence-electron chi connectivity index (χ4n) is 1.55. The summed E-state index contributed by atoms with van der Waals surface area (Å²) in [7, 11) is 1.66. The Morgan fingerprint density at radius 1 is 1.65 bits per heavy atom. The molecular formula is C9H11N5O3. The molecule has 0 atom stereocenters. The molecule has 2 aromatic heterocycles. The molecule has 0 saturated heterocycles. The van der Waals surface area contributed by atoms with Gasteiger partial charge in [0.1, 0.15) is 11.4 Å². The predicted molar refractivity (Wildman–Crippen MR) is 56.5 cm³/mol. The summed E-state index contributed by atoms with van der Waals surface area (Å²) in [5.74, 6) is -0.161. The van der Waals surface area contributed by atoms with Crippen molar-refractivity contribution < 1.29 is 14.4 Å². The summed E-state index contributed by atoms with van der Waals surface area (Å²) in [5, 5.41) is 19.7. The van der Waals surface area contributed by atoms with Crippen LogP contribution in [0.4, 0.5) is 5.82 Å². The summed E-state index contributed by atoms with van der Waals surface area (Å²) >= 11 is 0. The first-order chi connectivity index (χ1) is 8.09. The zero-order chi connectivity index (χ0) is 12.4. The summed E-state index contributed by atoms with van der Waals surface area (Å²) in [5.41, 5.74) is 0.603. The quantitative estimate of drug-likeness (QED) is 0.793. The number of carbonyl (C=O) groups is 1. The van der Waals surface area contributed by atoms with Gasteiger partial charge in [0.05, 0.1) is 12.2 Å². The van der Waals surface area contributed by atoms with E-state index < -0.39 is 5.97 Å². The molecule has 8 nitrogen and oxygen atoms in total. The average molecular weight is 237 g/mol. The van der Waals surface area contributed by atoms with Gasteiger partial charge in [-0.2, -0.15) is 10.1 Å². The average Bonchev–Trinajstić information content (AvgIpc) is 2.83. The molecule has 0 radical (unpaired) electrons. The molecule has 2 heterocycles. The van der Waals surface area contributed by atoms with Crippen molar-refractivity contribution in [3.8, 4) is 0 Å². The summed E-state index contributed by atoms with van der Waals surface area (Å²) in [6, 6.07) is 0. The van der Waals surface area contributed by atoms with Crippen LogP contribution in [0.3, 0.4) is 0 Å². The molecule has 0 bridgehead atoms. The smallest absolute Gasteiger partial charge is 0.341 e. The molecule has 0 saturated carbocycles. The van der Waals surface area contributed by atoms with Crippen LogP contribution in [-0.2, 0) is 13.6 Å². The molecule has 0 amide bonds. The minimum absolute atomic E-state index is 0.149. The van der Waals surface area contributed by atoms with E-state index in [1.165, 1.54) is 11.1 Å². The molecule has 0 aliphatic carbocycles. The molecule has 0 fully saturated rings. The Kier molecular flexibility index (Phi) is 2.77. The number of aromatic carboxylic acids is 1. The van der Waals surface area contributed by atoms with E-state index >= 15 is 0 Å². The lowest BCUT2D eigenvalue weighted by molar-refractivity contribution is 0.0697. The van der Waals surface area contributed by atoms with E-state index in [-0.39, 0.29) is 12.1 Å². The van der Waals surface area contributed by atoms with Crippen LogP contribution in [0.1, 0.15) is 21.9 Å². The highest BCUT2D eigenvalue weighted by molar-refractivity contribution is 5.94. The Labute approximate surface area is 96.2 Å². The maximum Gasteiger partial charge on any atom is 0.341 e. The Morgan fingerprint density at radius 3 is 3.00 bits per heavy atom. The van der Waals surface area contributed by atoms with Crippen LogP contribution in [0, 0.1) is 6.92 Å². The third kappa shape index (κ3) is 2.10. The number of hydrogen-bond acceptors (Lipinski definition) is 6. The summed E-state index contributed by atoms with van der Waals surface area (Å²) in [4.78, 5) is 14.9. The standard InChI is InChI=1S/C9H11N5O3/c1-5-7(9(15)16)8(14(2)12-5)10-3-6-11-4-17-13-6/h4,10H,3H2,1-2H3,(H,15,16). The van der Waals surface area contributed by atoms with Gasteiger partial charge in [-0.1, -0.05) is 5.16 Å². The van der Waals surface area contributed by atoms with Gasteiger partial charge in [-0.05, 0) is 6.92 Å². The number of carboxylic acid groups (broad SMARTS) is 1. The summed E-state index contributed by atoms with van der Waals surface area (Å²) < 4.78 is 6.05. The SMILES string of the molecule is Cc1nn(C)c(NCc2ncon2)c1C(=O)O. The highest BCUT2D eigenvalue weighted by Gasteiger charge is 2.19. The number of rotatable bonds is 4. The monoisotopic (exact) mass is 237 g/mol. The second kappa shape index (κ2) is 4.24. The van der Waals surface area contributed by atoms with Crippen molar-refractivity contribution in [2.75, 3.05) is 5.32 Å². The summed E-state index contributed by atoms with van der Waals surface area (Å²) in [6.45, 7) is 1.92. The lowest BCUT2D eigenvalue weighted by Gasteiger charge is -2.05. The zero-order valence-electron chi connectivity index (χ0n) is 9.34. The number of nitrogens with zero attached hydrogens (tertiary/aromatic N) is 4. The first kappa shape index (κ1) is 11.1. The van der Waals surface area contributed by atoms with E-state index in [0.29, 0.717) is 17.3 Å². The molecule has 90 valence electrons. The molecule has 17 heavy (non-hydrogen) atoms. The van der Waals surface area contributed by atoms with Crippen LogP contribution in [0.15, 0.2) is 10.9 Å². The molecule has 2 aromatic rings. The van der Waals surface area contributed by atoms with Crippen LogP contribution in [-0.4, -0.2) is 31.0 Å². The van der Waals surface area contributed by atoms with E-state index in [4.69, 9.17) is 5.11 Å². The molecule has 0 aliphatic rings. The maximum atomic E-state index is 11.1. The van der Waals surface area contributed by atoms with Crippen molar-refractivity contribution in [3.63, 3.8) is 0 Å². The van der Waals surface area contributed by atoms with Gasteiger partial charge in [-0.3, -0.25) is 4.68 Å². The van der Waals surface area contributed by atoms with Crippen molar-refractivity contribution in [1.82, 2.24) is 19.9 Å². The first-order valence-corrected chi connectivity index (χ1v) is 4.85. The van der Waals surface area contributed by atoms with Gasteiger partial charge in [0.2, 0.25) is 6.39 Å². The Morgan fingerprint density at radius 2 is 2.41 bits per heavy atom. The molecular weight excluding hydrogens is 226 g/mol. The van der Waals surface area contributed by atoms with E-state index in [0.717, 1.165) is 0 Å². The highest BCUT2D eigenvalue weighted by Crippen LogP contribution is 2.18. The van der Waals surface area contributed by atoms with Crippen LogP contribution in [0.25, 0.3) is 0 Å². The van der Waals surface area contributed by atoms with Gasteiger partial charge in [-0.25, -0.2) is 4.79 Å². The highest BCUT2D eigenvalue weighted by atomic mass is 16.5. The van der Waals surface area contributed by atoms with Crippen LogP contribution < -0.4 is 5.32 Å². The maximum absolute atomic E-state index is 11.1. The fraction of sp³-hybridized carbons (Fsp3) is 0.333. The zero-order valence-corrected chi connectivity index (χ0v) is 9.34. The molecule has 2 N–H and O–H groups in total. The second-order valence-corrected chi connectivity index (χ2v) is 3.44. The van der Waals surface area contributed by atoms with E-state index in [9.17, 15) is 4.79 Å². The van der Waals surface area contributed by atoms with Gasteiger partial charge in [0.25, 0.3) is 0 Å². The normalized spacial score (nSPS) is 10.5. The topological polar surface area (TPSA) is 106 Å². The van der Waals surface area contributed by atoms with Crippen molar-refractivity contribution in [2.24, 2.45) is 7.05 Å². The number of anilines is 1. The Bertz CT molecular complexity index is 531. The van der Waals surface area contributed by atoms with Crippen LogP contribution >= 0.6 is 0 Å². The minimum atomic E-state index is -1.02. The van der Waals surface area contributed by atoms with Crippen LogP contribution in [0.2, 0.25) is 0 Å². The number of hydrogen-bond donors (Lipinski definition) is 2. The number of carboxylic acids is 1. The van der Waals surface area contributed by atoms with E-state index in [1.54, 1.807) is 14.0 Å². The second-order valence-electron chi connectivity index (χ2n) is 3.44. The number of aromatic nitrogens is 4. The van der Waals surface area contributed by atoms with Gasteiger partial charge in [0, 0.05) is 7.05 Å². The van der Waals surface area contributed by atoms with Crippen molar-refractivity contribution >= 4 is 11.8 Å².